The van der Waals surface area contributed by atoms with Crippen molar-refractivity contribution in [3.05, 3.63) is 40.4 Å². The van der Waals surface area contributed by atoms with Gasteiger partial charge in [0.15, 0.2) is 0 Å². The third-order valence-electron chi connectivity index (χ3n) is 5.05. The second kappa shape index (κ2) is 10.00. The number of amides is 1. The number of likely N-dealkylation sites (N-methyl/N-ethyl adjacent to an activating group) is 2. The predicted molar refractivity (Wildman–Crippen MR) is 116 cm³/mol. The molecule has 0 fully saturated rings. The molecule has 1 aromatic heterocycles. The summed E-state index contributed by atoms with van der Waals surface area (Å²) in [5.41, 5.74) is 3.25. The van der Waals surface area contributed by atoms with Crippen LogP contribution < -0.4 is 0 Å². The number of carbonyl (C=O) groups is 1. The van der Waals surface area contributed by atoms with Crippen molar-refractivity contribution in [2.24, 2.45) is 0 Å². The summed E-state index contributed by atoms with van der Waals surface area (Å²) in [5.74, 6) is 0.527. The van der Waals surface area contributed by atoms with Gasteiger partial charge in [0.1, 0.15) is 9.88 Å². The molecule has 0 aliphatic rings. The van der Waals surface area contributed by atoms with Gasteiger partial charge in [-0.2, -0.15) is 0 Å². The van der Waals surface area contributed by atoms with Gasteiger partial charge in [0.2, 0.25) is 0 Å². The Labute approximate surface area is 168 Å². The lowest BCUT2D eigenvalue weighted by Crippen LogP contribution is -2.38. The van der Waals surface area contributed by atoms with Gasteiger partial charge < -0.3 is 9.80 Å². The summed E-state index contributed by atoms with van der Waals surface area (Å²) in [6.07, 6.45) is 0. The Morgan fingerprint density at radius 3 is 2.33 bits per heavy atom. The molecule has 1 amide bonds. The summed E-state index contributed by atoms with van der Waals surface area (Å²) in [6, 6.07) is 8.37. The monoisotopic (exact) mass is 387 g/mol. The van der Waals surface area contributed by atoms with E-state index in [1.54, 1.807) is 0 Å². The number of nitrogens with zero attached hydrogens (tertiary/aromatic N) is 3. The van der Waals surface area contributed by atoms with Crippen molar-refractivity contribution in [2.75, 3.05) is 32.7 Å². The zero-order valence-electron chi connectivity index (χ0n) is 17.6. The fourth-order valence-electron chi connectivity index (χ4n) is 3.25. The van der Waals surface area contributed by atoms with E-state index in [2.05, 4.69) is 50.8 Å². The molecular formula is C22H33N3OS. The van der Waals surface area contributed by atoms with Crippen molar-refractivity contribution in [3.8, 4) is 10.6 Å². The maximum Gasteiger partial charge on any atom is 0.265 e. The van der Waals surface area contributed by atoms with E-state index >= 15 is 0 Å². The Morgan fingerprint density at radius 2 is 1.74 bits per heavy atom. The van der Waals surface area contributed by atoms with E-state index in [1.807, 2.05) is 24.8 Å². The van der Waals surface area contributed by atoms with Gasteiger partial charge in [0.05, 0.1) is 5.69 Å². The van der Waals surface area contributed by atoms with Crippen LogP contribution in [0.1, 0.15) is 61.5 Å². The molecule has 5 heteroatoms. The van der Waals surface area contributed by atoms with Crippen LogP contribution in [0.3, 0.4) is 0 Å². The first-order valence-electron chi connectivity index (χ1n) is 10.0. The number of hydrogen-bond acceptors (Lipinski definition) is 4. The average molecular weight is 388 g/mol. The van der Waals surface area contributed by atoms with Crippen LogP contribution in [0.2, 0.25) is 0 Å². The van der Waals surface area contributed by atoms with Crippen LogP contribution in [0.5, 0.6) is 0 Å². The molecule has 148 valence electrons. The molecule has 0 saturated heterocycles. The fourth-order valence-corrected chi connectivity index (χ4v) is 4.34. The van der Waals surface area contributed by atoms with Crippen molar-refractivity contribution in [2.45, 2.75) is 47.5 Å². The number of rotatable bonds is 9. The maximum absolute atomic E-state index is 13.1. The molecule has 0 saturated carbocycles. The Morgan fingerprint density at radius 1 is 1.07 bits per heavy atom. The van der Waals surface area contributed by atoms with Gasteiger partial charge in [-0.3, -0.25) is 4.79 Å². The van der Waals surface area contributed by atoms with E-state index in [1.165, 1.54) is 16.9 Å². The van der Waals surface area contributed by atoms with Crippen molar-refractivity contribution >= 4 is 17.2 Å². The number of aromatic nitrogens is 1. The predicted octanol–water partition coefficient (Wildman–Crippen LogP) is 5.05. The molecule has 27 heavy (non-hydrogen) atoms. The molecule has 2 rings (SSSR count). The highest BCUT2D eigenvalue weighted by molar-refractivity contribution is 7.17. The Hall–Kier alpha value is -1.72. The SMILES string of the molecule is CCN(CC)CCN(CC)C(=O)c1sc(-c2ccccc2C(C)C)nc1C. The molecule has 4 nitrogen and oxygen atoms in total. The normalized spacial score (nSPS) is 11.4. The Balaban J connectivity index is 2.26. The maximum atomic E-state index is 13.1. The molecule has 0 radical (unpaired) electrons. The third-order valence-corrected chi connectivity index (χ3v) is 6.23. The summed E-state index contributed by atoms with van der Waals surface area (Å²) in [7, 11) is 0. The molecule has 2 aromatic rings. The molecule has 0 atom stereocenters. The topological polar surface area (TPSA) is 36.4 Å². The van der Waals surface area contributed by atoms with Gasteiger partial charge in [0.25, 0.3) is 5.91 Å². The second-order valence-electron chi connectivity index (χ2n) is 7.09. The Bertz CT molecular complexity index is 750. The highest BCUT2D eigenvalue weighted by Crippen LogP contribution is 2.34. The molecule has 0 aliphatic carbocycles. The third kappa shape index (κ3) is 5.17. The first-order chi connectivity index (χ1) is 12.9. The summed E-state index contributed by atoms with van der Waals surface area (Å²) in [5, 5.41) is 0.944. The van der Waals surface area contributed by atoms with Crippen LogP contribution in [-0.4, -0.2) is 53.4 Å². The van der Waals surface area contributed by atoms with Crippen LogP contribution in [0.4, 0.5) is 0 Å². The minimum absolute atomic E-state index is 0.105. The molecular weight excluding hydrogens is 354 g/mol. The number of thiazole rings is 1. The number of carbonyl (C=O) groups excluding carboxylic acids is 1. The first-order valence-corrected chi connectivity index (χ1v) is 10.8. The first kappa shape index (κ1) is 21.6. The van der Waals surface area contributed by atoms with Crippen molar-refractivity contribution in [1.82, 2.24) is 14.8 Å². The van der Waals surface area contributed by atoms with E-state index in [9.17, 15) is 4.79 Å². The lowest BCUT2D eigenvalue weighted by Gasteiger charge is -2.25. The van der Waals surface area contributed by atoms with E-state index in [-0.39, 0.29) is 5.91 Å². The average Bonchev–Trinajstić information content (AvgIpc) is 3.06. The summed E-state index contributed by atoms with van der Waals surface area (Å²) < 4.78 is 0. The van der Waals surface area contributed by atoms with Crippen LogP contribution in [0.15, 0.2) is 24.3 Å². The quantitative estimate of drug-likeness (QED) is 0.604. The van der Waals surface area contributed by atoms with E-state index in [0.717, 1.165) is 53.9 Å². The van der Waals surface area contributed by atoms with Gasteiger partial charge in [0, 0.05) is 25.2 Å². The van der Waals surface area contributed by atoms with Crippen LogP contribution in [-0.2, 0) is 0 Å². The highest BCUT2D eigenvalue weighted by atomic mass is 32.1. The lowest BCUT2D eigenvalue weighted by atomic mass is 9.98. The molecule has 0 aliphatic heterocycles. The summed E-state index contributed by atoms with van der Waals surface area (Å²) in [6.45, 7) is 17.1. The van der Waals surface area contributed by atoms with Gasteiger partial charge in [-0.1, -0.05) is 52.0 Å². The van der Waals surface area contributed by atoms with E-state index < -0.39 is 0 Å². The zero-order chi connectivity index (χ0) is 20.0. The fraction of sp³-hybridized carbons (Fsp3) is 0.545. The molecule has 0 N–H and O–H groups in total. The van der Waals surface area contributed by atoms with Gasteiger partial charge in [-0.05, 0) is 38.4 Å². The molecule has 0 spiro atoms. The van der Waals surface area contributed by atoms with Crippen LogP contribution >= 0.6 is 11.3 Å². The van der Waals surface area contributed by atoms with Crippen molar-refractivity contribution in [3.63, 3.8) is 0 Å². The van der Waals surface area contributed by atoms with Gasteiger partial charge in [-0.25, -0.2) is 4.98 Å². The van der Waals surface area contributed by atoms with Crippen molar-refractivity contribution < 1.29 is 4.79 Å². The standard InChI is InChI=1S/C22H33N3OS/c1-7-24(8-2)14-15-25(9-3)22(26)20-17(6)23-21(27-20)19-13-11-10-12-18(19)16(4)5/h10-13,16H,7-9,14-15H2,1-6H3. The van der Waals surface area contributed by atoms with E-state index in [4.69, 9.17) is 4.98 Å². The minimum Gasteiger partial charge on any atom is -0.337 e. The summed E-state index contributed by atoms with van der Waals surface area (Å²) >= 11 is 1.53. The van der Waals surface area contributed by atoms with E-state index in [0.29, 0.717) is 5.92 Å². The number of benzene rings is 1. The Kier molecular flexibility index (Phi) is 7.99. The second-order valence-corrected chi connectivity index (χ2v) is 8.09. The van der Waals surface area contributed by atoms with Crippen LogP contribution in [0.25, 0.3) is 10.6 Å². The van der Waals surface area contributed by atoms with Crippen molar-refractivity contribution in [1.29, 1.82) is 0 Å². The summed E-state index contributed by atoms with van der Waals surface area (Å²) in [4.78, 5) is 22.9. The zero-order valence-corrected chi connectivity index (χ0v) is 18.4. The van der Waals surface area contributed by atoms with Crippen LogP contribution in [0, 0.1) is 6.92 Å². The van der Waals surface area contributed by atoms with Gasteiger partial charge >= 0.3 is 0 Å². The molecule has 1 heterocycles. The highest BCUT2D eigenvalue weighted by Gasteiger charge is 2.22. The molecule has 0 unspecified atom stereocenters. The lowest BCUT2D eigenvalue weighted by molar-refractivity contribution is 0.0750. The number of hydrogen-bond donors (Lipinski definition) is 0. The minimum atomic E-state index is 0.105. The molecule has 1 aromatic carbocycles. The largest absolute Gasteiger partial charge is 0.337 e. The smallest absolute Gasteiger partial charge is 0.265 e. The van der Waals surface area contributed by atoms with Gasteiger partial charge in [-0.15, -0.1) is 11.3 Å². The molecule has 0 bridgehead atoms. The number of aryl methyl sites for hydroxylation is 1.